The molecule has 0 saturated carbocycles. The van der Waals surface area contributed by atoms with E-state index in [0.717, 1.165) is 12.8 Å². The molecule has 0 bridgehead atoms. The number of carbonyl (C=O) groups is 1. The molecule has 0 saturated heterocycles. The minimum absolute atomic E-state index is 0.250. The van der Waals surface area contributed by atoms with Crippen molar-refractivity contribution >= 4 is 17.6 Å². The Morgan fingerprint density at radius 2 is 2.38 bits per heavy atom. The summed E-state index contributed by atoms with van der Waals surface area (Å²) >= 11 is 0. The molecule has 0 aromatic carbocycles. The summed E-state index contributed by atoms with van der Waals surface area (Å²) in [5.74, 6) is 0.852. The largest absolute Gasteiger partial charge is 0.274 e. The summed E-state index contributed by atoms with van der Waals surface area (Å²) < 4.78 is 0. The number of amides is 1. The molecule has 1 unspecified atom stereocenters. The van der Waals surface area contributed by atoms with Crippen molar-refractivity contribution in [1.29, 1.82) is 0 Å². The van der Waals surface area contributed by atoms with Gasteiger partial charge in [0.15, 0.2) is 11.9 Å². The van der Waals surface area contributed by atoms with Gasteiger partial charge in [0.1, 0.15) is 5.84 Å². The van der Waals surface area contributed by atoms with E-state index in [1.54, 1.807) is 0 Å². The molecule has 0 spiro atoms. The molecule has 6 heteroatoms. The van der Waals surface area contributed by atoms with Crippen LogP contribution in [-0.4, -0.2) is 23.6 Å². The first-order valence-electron chi connectivity index (χ1n) is 4.17. The van der Waals surface area contributed by atoms with Crippen LogP contribution in [0.2, 0.25) is 0 Å². The second kappa shape index (κ2) is 3.04. The number of fused-ring (bicyclic) bond motifs is 1. The summed E-state index contributed by atoms with van der Waals surface area (Å²) in [6.45, 7) is 2.03. The number of carbonyl (C=O) groups excluding carboxylic acids is 1. The SMILES string of the molecule is CCCC1=NC2C(=O)NN=NC2=N1. The van der Waals surface area contributed by atoms with E-state index < -0.39 is 6.04 Å². The van der Waals surface area contributed by atoms with Gasteiger partial charge in [0.2, 0.25) is 0 Å². The molecule has 1 atom stereocenters. The van der Waals surface area contributed by atoms with E-state index in [1.807, 2.05) is 6.92 Å². The van der Waals surface area contributed by atoms with Crippen LogP contribution in [0.1, 0.15) is 19.8 Å². The summed E-state index contributed by atoms with van der Waals surface area (Å²) in [7, 11) is 0. The highest BCUT2D eigenvalue weighted by molar-refractivity contribution is 6.16. The van der Waals surface area contributed by atoms with Crippen LogP contribution in [0.5, 0.6) is 0 Å². The lowest BCUT2D eigenvalue weighted by molar-refractivity contribution is -0.121. The Morgan fingerprint density at radius 1 is 1.54 bits per heavy atom. The Bertz CT molecular complexity index is 330. The Hall–Kier alpha value is -1.59. The van der Waals surface area contributed by atoms with E-state index in [4.69, 9.17) is 0 Å². The van der Waals surface area contributed by atoms with E-state index in [-0.39, 0.29) is 5.91 Å². The van der Waals surface area contributed by atoms with Crippen LogP contribution in [-0.2, 0) is 4.79 Å². The molecule has 68 valence electrons. The van der Waals surface area contributed by atoms with Gasteiger partial charge in [-0.1, -0.05) is 12.1 Å². The van der Waals surface area contributed by atoms with Gasteiger partial charge in [-0.05, 0) is 6.42 Å². The molecule has 0 aromatic rings. The zero-order valence-corrected chi connectivity index (χ0v) is 7.19. The molecule has 6 nitrogen and oxygen atoms in total. The van der Waals surface area contributed by atoms with Crippen molar-refractivity contribution in [3.05, 3.63) is 0 Å². The van der Waals surface area contributed by atoms with Crippen molar-refractivity contribution < 1.29 is 4.79 Å². The lowest BCUT2D eigenvalue weighted by Crippen LogP contribution is -2.37. The maximum Gasteiger partial charge on any atom is 0.274 e. The Balaban J connectivity index is 2.23. The van der Waals surface area contributed by atoms with Crippen LogP contribution in [0.15, 0.2) is 20.3 Å². The number of hydrogen-bond donors (Lipinski definition) is 1. The lowest BCUT2D eigenvalue weighted by atomic mass is 10.3. The third-order valence-electron chi connectivity index (χ3n) is 1.80. The van der Waals surface area contributed by atoms with Gasteiger partial charge < -0.3 is 0 Å². The van der Waals surface area contributed by atoms with Crippen LogP contribution >= 0.6 is 0 Å². The topological polar surface area (TPSA) is 78.5 Å². The molecule has 1 N–H and O–H groups in total. The predicted molar refractivity (Wildman–Crippen MR) is 46.6 cm³/mol. The van der Waals surface area contributed by atoms with Gasteiger partial charge in [0.05, 0.1) is 0 Å². The van der Waals surface area contributed by atoms with E-state index in [1.165, 1.54) is 0 Å². The number of nitrogens with one attached hydrogen (secondary N) is 1. The van der Waals surface area contributed by atoms with Crippen molar-refractivity contribution in [3.63, 3.8) is 0 Å². The van der Waals surface area contributed by atoms with Crippen LogP contribution in [0.4, 0.5) is 0 Å². The average Bonchev–Trinajstić information content (AvgIpc) is 2.49. The molecule has 2 aliphatic rings. The van der Waals surface area contributed by atoms with Crippen molar-refractivity contribution in [2.24, 2.45) is 20.3 Å². The highest BCUT2D eigenvalue weighted by Gasteiger charge is 2.31. The summed E-state index contributed by atoms with van der Waals surface area (Å²) in [6.07, 6.45) is 1.74. The zero-order valence-electron chi connectivity index (χ0n) is 7.19. The summed E-state index contributed by atoms with van der Waals surface area (Å²) in [5.41, 5.74) is 2.25. The fraction of sp³-hybridized carbons (Fsp3) is 0.571. The highest BCUT2D eigenvalue weighted by Crippen LogP contribution is 2.13. The number of aliphatic imine (C=N–C) groups is 2. The molecule has 13 heavy (non-hydrogen) atoms. The number of rotatable bonds is 2. The molecule has 0 aliphatic carbocycles. The smallest absolute Gasteiger partial charge is 0.270 e. The van der Waals surface area contributed by atoms with Gasteiger partial charge >= 0.3 is 0 Å². The highest BCUT2D eigenvalue weighted by atomic mass is 16.2. The molecule has 2 rings (SSSR count). The molecule has 2 heterocycles. The zero-order chi connectivity index (χ0) is 9.26. The van der Waals surface area contributed by atoms with E-state index >= 15 is 0 Å². The van der Waals surface area contributed by atoms with E-state index in [0.29, 0.717) is 11.7 Å². The molecule has 0 radical (unpaired) electrons. The molecule has 1 amide bonds. The lowest BCUT2D eigenvalue weighted by Gasteiger charge is -2.07. The first-order valence-corrected chi connectivity index (χ1v) is 4.17. The van der Waals surface area contributed by atoms with Crippen LogP contribution in [0.3, 0.4) is 0 Å². The molecule has 0 fully saturated rings. The maximum atomic E-state index is 11.2. The first kappa shape index (κ1) is 8.03. The molecule has 0 aromatic heterocycles. The van der Waals surface area contributed by atoms with Gasteiger partial charge in [0, 0.05) is 6.42 Å². The van der Waals surface area contributed by atoms with Crippen LogP contribution < -0.4 is 5.43 Å². The standard InChI is InChI=1S/C7H9N5O/c1-2-3-4-8-5-6(9-4)10-12-11-7(5)13/h5H,2-3H2,1H3,(H,8,9,10,11,13). The Morgan fingerprint density at radius 3 is 3.08 bits per heavy atom. The van der Waals surface area contributed by atoms with Crippen molar-refractivity contribution in [3.8, 4) is 0 Å². The van der Waals surface area contributed by atoms with Crippen LogP contribution in [0, 0.1) is 0 Å². The first-order chi connectivity index (χ1) is 6.31. The van der Waals surface area contributed by atoms with Gasteiger partial charge in [-0.3, -0.25) is 4.79 Å². The predicted octanol–water partition coefficient (Wildman–Crippen LogP) is 0.463. The van der Waals surface area contributed by atoms with Crippen molar-refractivity contribution in [1.82, 2.24) is 5.43 Å². The van der Waals surface area contributed by atoms with Crippen LogP contribution in [0.25, 0.3) is 0 Å². The fourth-order valence-corrected chi connectivity index (χ4v) is 1.21. The normalized spacial score (nSPS) is 25.0. The van der Waals surface area contributed by atoms with Crippen molar-refractivity contribution in [2.45, 2.75) is 25.8 Å². The summed E-state index contributed by atoms with van der Waals surface area (Å²) in [5, 5.41) is 7.12. The van der Waals surface area contributed by atoms with Gasteiger partial charge in [0.25, 0.3) is 5.91 Å². The number of amidine groups is 2. The van der Waals surface area contributed by atoms with Gasteiger partial charge in [-0.15, -0.1) is 5.11 Å². The average molecular weight is 179 g/mol. The minimum Gasteiger partial charge on any atom is -0.270 e. The number of hydrogen-bond acceptors (Lipinski definition) is 5. The fourth-order valence-electron chi connectivity index (χ4n) is 1.21. The Labute approximate surface area is 74.8 Å². The van der Waals surface area contributed by atoms with Crippen molar-refractivity contribution in [2.75, 3.05) is 0 Å². The summed E-state index contributed by atoms with van der Waals surface area (Å²) in [4.78, 5) is 19.4. The minimum atomic E-state index is -0.556. The monoisotopic (exact) mass is 179 g/mol. The quantitative estimate of drug-likeness (QED) is 0.656. The number of nitrogens with zero attached hydrogens (tertiary/aromatic N) is 4. The second-order valence-electron chi connectivity index (χ2n) is 2.84. The molecular formula is C7H9N5O. The Kier molecular flexibility index (Phi) is 1.88. The van der Waals surface area contributed by atoms with Gasteiger partial charge in [-0.25, -0.2) is 15.4 Å². The summed E-state index contributed by atoms with van der Waals surface area (Å²) in [6, 6.07) is -0.556. The van der Waals surface area contributed by atoms with E-state index in [2.05, 4.69) is 25.7 Å². The third-order valence-corrected chi connectivity index (χ3v) is 1.80. The van der Waals surface area contributed by atoms with E-state index in [9.17, 15) is 4.79 Å². The third kappa shape index (κ3) is 1.34. The maximum absolute atomic E-state index is 11.2. The molecule has 2 aliphatic heterocycles. The second-order valence-corrected chi connectivity index (χ2v) is 2.84. The molecular weight excluding hydrogens is 170 g/mol. The van der Waals surface area contributed by atoms with Gasteiger partial charge in [-0.2, -0.15) is 0 Å².